The van der Waals surface area contributed by atoms with Gasteiger partial charge in [-0.25, -0.2) is 0 Å². The molecule has 1 aliphatic carbocycles. The van der Waals surface area contributed by atoms with E-state index in [2.05, 4.69) is 6.07 Å². The van der Waals surface area contributed by atoms with Gasteiger partial charge in [0.25, 0.3) is 5.91 Å². The van der Waals surface area contributed by atoms with Crippen molar-refractivity contribution in [1.82, 2.24) is 14.7 Å². The van der Waals surface area contributed by atoms with Crippen molar-refractivity contribution in [2.24, 2.45) is 5.92 Å². The van der Waals surface area contributed by atoms with Crippen molar-refractivity contribution in [3.63, 3.8) is 0 Å². The van der Waals surface area contributed by atoms with Crippen LogP contribution in [0.5, 0.6) is 0 Å². The normalized spacial score (nSPS) is 22.1. The Labute approximate surface area is 220 Å². The molecule has 2 aromatic carbocycles. The van der Waals surface area contributed by atoms with Gasteiger partial charge in [-0.3, -0.25) is 19.7 Å². The summed E-state index contributed by atoms with van der Waals surface area (Å²) < 4.78 is 5.26. The van der Waals surface area contributed by atoms with Crippen LogP contribution in [0.25, 0.3) is 10.8 Å². The monoisotopic (exact) mass is 514 g/mol. The Bertz CT molecular complexity index is 1410. The molecule has 0 bridgehead atoms. The Morgan fingerprint density at radius 2 is 1.74 bits per heavy atom. The smallest absolute Gasteiger partial charge is 0.352 e. The summed E-state index contributed by atoms with van der Waals surface area (Å²) in [6.45, 7) is 2.07. The van der Waals surface area contributed by atoms with Crippen LogP contribution in [0, 0.1) is 16.0 Å². The third-order valence-electron chi connectivity index (χ3n) is 8.18. The lowest BCUT2D eigenvalue weighted by molar-refractivity contribution is -0.424. The van der Waals surface area contributed by atoms with E-state index < -0.39 is 10.8 Å². The predicted molar refractivity (Wildman–Crippen MR) is 140 cm³/mol. The van der Waals surface area contributed by atoms with Crippen LogP contribution in [0.2, 0.25) is 0 Å². The van der Waals surface area contributed by atoms with Gasteiger partial charge in [-0.15, -0.1) is 0 Å². The van der Waals surface area contributed by atoms with Crippen LogP contribution in [-0.2, 0) is 11.3 Å². The lowest BCUT2D eigenvalue weighted by atomic mass is 9.77. The lowest BCUT2D eigenvalue weighted by Crippen LogP contribution is -2.57. The lowest BCUT2D eigenvalue weighted by Gasteiger charge is -2.47. The average molecular weight is 515 g/mol. The van der Waals surface area contributed by atoms with Crippen LogP contribution in [0.3, 0.4) is 0 Å². The van der Waals surface area contributed by atoms with Crippen LogP contribution in [0.15, 0.2) is 76.7 Å². The van der Waals surface area contributed by atoms with E-state index in [0.29, 0.717) is 38.4 Å². The van der Waals surface area contributed by atoms with Gasteiger partial charge in [-0.1, -0.05) is 49.2 Å². The van der Waals surface area contributed by atoms with E-state index in [4.69, 9.17) is 4.42 Å². The fraction of sp³-hybridized carbons (Fsp3) is 0.379. The van der Waals surface area contributed by atoms with Gasteiger partial charge < -0.3 is 19.1 Å². The molecule has 2 amide bonds. The highest BCUT2D eigenvalue weighted by Crippen LogP contribution is 2.42. The van der Waals surface area contributed by atoms with Crippen LogP contribution < -0.4 is 0 Å². The number of hydrogen-bond acceptors (Lipinski definition) is 6. The molecule has 2 aliphatic heterocycles. The molecule has 1 saturated carbocycles. The number of nitrogens with zero attached hydrogens (tertiary/aromatic N) is 4. The van der Waals surface area contributed by atoms with Crippen molar-refractivity contribution in [2.45, 2.75) is 38.3 Å². The Hall–Kier alpha value is -4.14. The number of carbonyl (C=O) groups is 2. The van der Waals surface area contributed by atoms with Crippen LogP contribution in [0.1, 0.15) is 41.8 Å². The number of benzene rings is 2. The maximum Gasteiger partial charge on any atom is 0.352 e. The molecule has 9 nitrogen and oxygen atoms in total. The molecule has 6 rings (SSSR count). The van der Waals surface area contributed by atoms with E-state index in [0.717, 1.165) is 42.0 Å². The van der Waals surface area contributed by atoms with Gasteiger partial charge in [0.15, 0.2) is 5.76 Å². The predicted octanol–water partition coefficient (Wildman–Crippen LogP) is 4.28. The number of carbonyl (C=O) groups excluding carboxylic acids is 2. The van der Waals surface area contributed by atoms with E-state index in [9.17, 15) is 19.7 Å². The maximum atomic E-state index is 13.8. The van der Waals surface area contributed by atoms with Crippen molar-refractivity contribution in [3.8, 4) is 0 Å². The molecule has 1 saturated heterocycles. The Balaban J connectivity index is 1.29. The van der Waals surface area contributed by atoms with Crippen molar-refractivity contribution in [3.05, 3.63) is 93.7 Å². The van der Waals surface area contributed by atoms with E-state index in [1.807, 2.05) is 41.3 Å². The molecule has 2 atom stereocenters. The highest BCUT2D eigenvalue weighted by Gasteiger charge is 2.50. The first-order valence-corrected chi connectivity index (χ1v) is 13.3. The summed E-state index contributed by atoms with van der Waals surface area (Å²) in [6.07, 6.45) is 5.08. The summed E-state index contributed by atoms with van der Waals surface area (Å²) >= 11 is 0. The molecule has 2 unspecified atom stereocenters. The zero-order chi connectivity index (χ0) is 26.2. The van der Waals surface area contributed by atoms with E-state index in [1.54, 1.807) is 21.9 Å². The van der Waals surface area contributed by atoms with E-state index in [-0.39, 0.29) is 29.3 Å². The summed E-state index contributed by atoms with van der Waals surface area (Å²) in [7, 11) is 0. The fourth-order valence-corrected chi connectivity index (χ4v) is 6.36. The number of nitro groups is 1. The van der Waals surface area contributed by atoms with Gasteiger partial charge in [-0.05, 0) is 47.4 Å². The molecule has 1 aromatic heterocycles. The van der Waals surface area contributed by atoms with Gasteiger partial charge in [0.05, 0.1) is 11.2 Å². The third kappa shape index (κ3) is 4.31. The first kappa shape index (κ1) is 24.2. The van der Waals surface area contributed by atoms with Gasteiger partial charge in [0.1, 0.15) is 5.70 Å². The van der Waals surface area contributed by atoms with Gasteiger partial charge in [0.2, 0.25) is 0 Å². The zero-order valence-electron chi connectivity index (χ0n) is 21.1. The topological polar surface area (TPSA) is 100 Å². The number of furan rings is 1. The molecule has 9 heteroatoms. The average Bonchev–Trinajstić information content (AvgIpc) is 3.49. The van der Waals surface area contributed by atoms with Crippen LogP contribution >= 0.6 is 0 Å². The third-order valence-corrected chi connectivity index (χ3v) is 8.18. The minimum Gasteiger partial charge on any atom is -0.459 e. The zero-order valence-corrected chi connectivity index (χ0v) is 21.1. The molecule has 0 N–H and O–H groups in total. The molecule has 3 heterocycles. The number of rotatable bonds is 5. The highest BCUT2D eigenvalue weighted by atomic mass is 16.6. The number of amides is 2. The summed E-state index contributed by atoms with van der Waals surface area (Å²) in [5, 5.41) is 14.6. The van der Waals surface area contributed by atoms with Crippen LogP contribution in [0.4, 0.5) is 0 Å². The van der Waals surface area contributed by atoms with Crippen LogP contribution in [-0.4, -0.2) is 63.7 Å². The second kappa shape index (κ2) is 9.96. The Kier molecular flexibility index (Phi) is 6.35. The Morgan fingerprint density at radius 1 is 0.974 bits per heavy atom. The van der Waals surface area contributed by atoms with E-state index in [1.165, 1.54) is 6.26 Å². The fourth-order valence-electron chi connectivity index (χ4n) is 6.36. The van der Waals surface area contributed by atoms with E-state index >= 15 is 0 Å². The molecule has 3 aromatic rings. The summed E-state index contributed by atoms with van der Waals surface area (Å²) in [4.78, 5) is 43.9. The minimum absolute atomic E-state index is 0.0794. The van der Waals surface area contributed by atoms with Crippen molar-refractivity contribution >= 4 is 22.6 Å². The number of hydrogen-bond donors (Lipinski definition) is 0. The molecular weight excluding hydrogens is 484 g/mol. The second-order valence-electron chi connectivity index (χ2n) is 10.3. The molecule has 0 spiro atoms. The molecule has 2 fully saturated rings. The highest BCUT2D eigenvalue weighted by molar-refractivity contribution is 5.93. The van der Waals surface area contributed by atoms with Crippen molar-refractivity contribution in [2.75, 3.05) is 26.2 Å². The molecule has 3 aliphatic rings. The molecular formula is C29H30N4O5. The molecule has 0 radical (unpaired) electrons. The first-order valence-electron chi connectivity index (χ1n) is 13.3. The second-order valence-corrected chi connectivity index (χ2v) is 10.3. The molecule has 38 heavy (non-hydrogen) atoms. The van der Waals surface area contributed by atoms with Crippen molar-refractivity contribution in [1.29, 1.82) is 0 Å². The van der Waals surface area contributed by atoms with Gasteiger partial charge >= 0.3 is 11.6 Å². The first-order chi connectivity index (χ1) is 18.5. The minimum atomic E-state index is -0.504. The summed E-state index contributed by atoms with van der Waals surface area (Å²) in [6, 6.07) is 17.4. The molecule has 196 valence electrons. The standard InChI is InChI=1S/C29H30N4O5/c34-28(25-10-5-17-38-25)31-15-13-30(14-16-31)26-23-8-3-4-9-24(23)32(29(35)27(26)33(36)37)19-20-11-12-21-6-1-2-7-22(21)18-20/h1-2,5-7,10-12,17-18,23-24H,3-4,8-9,13-16,19H2. The largest absolute Gasteiger partial charge is 0.459 e. The number of fused-ring (bicyclic) bond motifs is 2. The maximum absolute atomic E-state index is 13.8. The van der Waals surface area contributed by atoms with Crippen molar-refractivity contribution < 1.29 is 18.9 Å². The van der Waals surface area contributed by atoms with Gasteiger partial charge in [0, 0.05) is 44.7 Å². The SMILES string of the molecule is O=C(c1ccco1)N1CCN(C2=C([N+](=O)[O-])C(=O)N(Cc3ccc4ccccc4c3)C3CCCCC23)CC1. The summed E-state index contributed by atoms with van der Waals surface area (Å²) in [5.74, 6) is -0.492. The summed E-state index contributed by atoms with van der Waals surface area (Å²) in [5.41, 5.74) is 1.22. The Morgan fingerprint density at radius 3 is 2.47 bits per heavy atom. The quantitative estimate of drug-likeness (QED) is 0.372. The number of piperazine rings is 1. The van der Waals surface area contributed by atoms with Gasteiger partial charge in [-0.2, -0.15) is 0 Å².